The third kappa shape index (κ3) is 4.78. The highest BCUT2D eigenvalue weighted by molar-refractivity contribution is 7.11. The molecule has 0 aliphatic heterocycles. The van der Waals surface area contributed by atoms with Gasteiger partial charge in [-0.05, 0) is 31.6 Å². The van der Waals surface area contributed by atoms with E-state index in [9.17, 15) is 0 Å². The van der Waals surface area contributed by atoms with Crippen LogP contribution in [0.5, 0.6) is 0 Å². The summed E-state index contributed by atoms with van der Waals surface area (Å²) in [5.41, 5.74) is 0. The molecule has 2 rings (SSSR count). The van der Waals surface area contributed by atoms with Crippen LogP contribution in [0.1, 0.15) is 42.5 Å². The molecule has 1 aliphatic carbocycles. The van der Waals surface area contributed by atoms with Crippen LogP contribution in [0, 0.1) is 18.8 Å². The number of aryl methyl sites for hydroxylation is 1. The second-order valence-electron chi connectivity index (χ2n) is 5.81. The van der Waals surface area contributed by atoms with Crippen molar-refractivity contribution in [2.24, 2.45) is 16.8 Å². The number of aromatic nitrogens is 1. The summed E-state index contributed by atoms with van der Waals surface area (Å²) in [5.74, 6) is 2.55. The molecule has 1 aliphatic rings. The standard InChI is InChI=1S/C15H26N4S/c1-11-5-4-6-13(7-11)9-18-15(16-3)19-10-14-17-8-12(2)20-14/h8,11,13H,4-7,9-10H2,1-3H3,(H2,16,18,19). The molecule has 1 aromatic rings. The van der Waals surface area contributed by atoms with Crippen LogP contribution in [0.25, 0.3) is 0 Å². The van der Waals surface area contributed by atoms with Crippen molar-refractivity contribution in [1.82, 2.24) is 15.6 Å². The summed E-state index contributed by atoms with van der Waals surface area (Å²) in [7, 11) is 1.83. The molecule has 0 spiro atoms. The Bertz CT molecular complexity index is 441. The summed E-state index contributed by atoms with van der Waals surface area (Å²) in [6, 6.07) is 0. The SMILES string of the molecule is CN=C(NCc1ncc(C)s1)NCC1CCCC(C)C1. The lowest BCUT2D eigenvalue weighted by Gasteiger charge is -2.27. The predicted octanol–water partition coefficient (Wildman–Crippen LogP) is 2.94. The number of hydrogen-bond donors (Lipinski definition) is 2. The summed E-state index contributed by atoms with van der Waals surface area (Å²) in [4.78, 5) is 9.89. The third-order valence-electron chi connectivity index (χ3n) is 3.90. The molecule has 2 unspecified atom stereocenters. The van der Waals surface area contributed by atoms with Gasteiger partial charge >= 0.3 is 0 Å². The average Bonchev–Trinajstić information content (AvgIpc) is 2.85. The number of guanidine groups is 1. The van der Waals surface area contributed by atoms with Crippen molar-refractivity contribution in [3.63, 3.8) is 0 Å². The number of hydrogen-bond acceptors (Lipinski definition) is 3. The number of aliphatic imine (C=N–C) groups is 1. The van der Waals surface area contributed by atoms with Gasteiger partial charge in [0.15, 0.2) is 5.96 Å². The molecule has 112 valence electrons. The van der Waals surface area contributed by atoms with Crippen LogP contribution in [0.15, 0.2) is 11.2 Å². The Kier molecular flexibility index (Phi) is 5.83. The summed E-state index contributed by atoms with van der Waals surface area (Å²) >= 11 is 1.73. The first-order valence-corrected chi connectivity index (χ1v) is 8.35. The van der Waals surface area contributed by atoms with Gasteiger partial charge in [0, 0.05) is 24.7 Å². The van der Waals surface area contributed by atoms with E-state index in [4.69, 9.17) is 0 Å². The molecular weight excluding hydrogens is 268 g/mol. The second kappa shape index (κ2) is 7.62. The van der Waals surface area contributed by atoms with Crippen LogP contribution in [-0.4, -0.2) is 24.5 Å². The van der Waals surface area contributed by atoms with Crippen molar-refractivity contribution in [3.8, 4) is 0 Å². The van der Waals surface area contributed by atoms with Gasteiger partial charge in [-0.15, -0.1) is 11.3 Å². The molecule has 4 nitrogen and oxygen atoms in total. The lowest BCUT2D eigenvalue weighted by Crippen LogP contribution is -2.40. The van der Waals surface area contributed by atoms with Crippen molar-refractivity contribution in [2.45, 2.75) is 46.1 Å². The smallest absolute Gasteiger partial charge is 0.191 e. The first-order valence-electron chi connectivity index (χ1n) is 7.53. The normalized spacial score (nSPS) is 23.6. The van der Waals surface area contributed by atoms with E-state index in [0.29, 0.717) is 0 Å². The first kappa shape index (κ1) is 15.3. The van der Waals surface area contributed by atoms with Crippen molar-refractivity contribution >= 4 is 17.3 Å². The number of thiazole rings is 1. The zero-order chi connectivity index (χ0) is 14.4. The maximum Gasteiger partial charge on any atom is 0.191 e. The van der Waals surface area contributed by atoms with Crippen LogP contribution in [0.4, 0.5) is 0 Å². The minimum absolute atomic E-state index is 0.749. The van der Waals surface area contributed by atoms with Crippen LogP contribution >= 0.6 is 11.3 Å². The van der Waals surface area contributed by atoms with Crippen molar-refractivity contribution in [2.75, 3.05) is 13.6 Å². The van der Waals surface area contributed by atoms with Crippen molar-refractivity contribution < 1.29 is 0 Å². The molecule has 1 heterocycles. The molecule has 1 saturated carbocycles. The van der Waals surface area contributed by atoms with Gasteiger partial charge < -0.3 is 10.6 Å². The Morgan fingerprint density at radius 3 is 2.95 bits per heavy atom. The van der Waals surface area contributed by atoms with Crippen LogP contribution in [-0.2, 0) is 6.54 Å². The monoisotopic (exact) mass is 294 g/mol. The first-order chi connectivity index (χ1) is 9.67. The van der Waals surface area contributed by atoms with Gasteiger partial charge in [0.2, 0.25) is 0 Å². The fraction of sp³-hybridized carbons (Fsp3) is 0.733. The Balaban J connectivity index is 1.72. The van der Waals surface area contributed by atoms with E-state index >= 15 is 0 Å². The number of nitrogens with zero attached hydrogens (tertiary/aromatic N) is 2. The molecule has 0 bridgehead atoms. The second-order valence-corrected chi connectivity index (χ2v) is 7.13. The highest BCUT2D eigenvalue weighted by atomic mass is 32.1. The van der Waals surface area contributed by atoms with Gasteiger partial charge in [0.1, 0.15) is 5.01 Å². The van der Waals surface area contributed by atoms with Crippen molar-refractivity contribution in [3.05, 3.63) is 16.1 Å². The minimum Gasteiger partial charge on any atom is -0.356 e. The highest BCUT2D eigenvalue weighted by Crippen LogP contribution is 2.27. The van der Waals surface area contributed by atoms with E-state index in [2.05, 4.69) is 34.5 Å². The van der Waals surface area contributed by atoms with Gasteiger partial charge in [-0.1, -0.05) is 19.8 Å². The molecule has 0 amide bonds. The van der Waals surface area contributed by atoms with Gasteiger partial charge in [-0.25, -0.2) is 4.98 Å². The van der Waals surface area contributed by atoms with Crippen LogP contribution < -0.4 is 10.6 Å². The van der Waals surface area contributed by atoms with Crippen LogP contribution in [0.2, 0.25) is 0 Å². The number of rotatable bonds is 4. The minimum atomic E-state index is 0.749. The Morgan fingerprint density at radius 2 is 2.30 bits per heavy atom. The Labute approximate surface area is 126 Å². The van der Waals surface area contributed by atoms with E-state index < -0.39 is 0 Å². The average molecular weight is 294 g/mol. The molecule has 1 fully saturated rings. The molecule has 0 radical (unpaired) electrons. The van der Waals surface area contributed by atoms with Crippen LogP contribution in [0.3, 0.4) is 0 Å². The molecule has 5 heteroatoms. The molecule has 2 atom stereocenters. The van der Waals surface area contributed by atoms with Gasteiger partial charge in [-0.2, -0.15) is 0 Å². The zero-order valence-corrected chi connectivity index (χ0v) is 13.6. The van der Waals surface area contributed by atoms with E-state index in [1.807, 2.05) is 13.2 Å². The maximum atomic E-state index is 4.36. The topological polar surface area (TPSA) is 49.3 Å². The highest BCUT2D eigenvalue weighted by Gasteiger charge is 2.18. The Hall–Kier alpha value is -1.10. The molecular formula is C15H26N4S. The lowest BCUT2D eigenvalue weighted by molar-refractivity contribution is 0.282. The van der Waals surface area contributed by atoms with Gasteiger partial charge in [0.25, 0.3) is 0 Å². The summed E-state index contributed by atoms with van der Waals surface area (Å²) in [6.45, 7) is 6.22. The lowest BCUT2D eigenvalue weighted by atomic mass is 9.82. The van der Waals surface area contributed by atoms with E-state index in [1.165, 1.54) is 30.6 Å². The Morgan fingerprint density at radius 1 is 1.45 bits per heavy atom. The largest absolute Gasteiger partial charge is 0.356 e. The summed E-state index contributed by atoms with van der Waals surface area (Å²) in [5, 5.41) is 7.90. The molecule has 2 N–H and O–H groups in total. The fourth-order valence-corrected chi connectivity index (χ4v) is 3.58. The van der Waals surface area contributed by atoms with Gasteiger partial charge in [0.05, 0.1) is 6.54 Å². The predicted molar refractivity (Wildman–Crippen MR) is 86.2 cm³/mol. The van der Waals surface area contributed by atoms with Crippen molar-refractivity contribution in [1.29, 1.82) is 0 Å². The molecule has 1 aromatic heterocycles. The molecule has 0 saturated heterocycles. The van der Waals surface area contributed by atoms with E-state index in [0.717, 1.165) is 35.9 Å². The van der Waals surface area contributed by atoms with E-state index in [1.54, 1.807) is 11.3 Å². The van der Waals surface area contributed by atoms with E-state index in [-0.39, 0.29) is 0 Å². The fourth-order valence-electron chi connectivity index (χ4n) is 2.85. The maximum absolute atomic E-state index is 4.36. The molecule has 0 aromatic carbocycles. The number of nitrogens with one attached hydrogen (secondary N) is 2. The third-order valence-corrected chi connectivity index (χ3v) is 4.82. The summed E-state index contributed by atoms with van der Waals surface area (Å²) in [6.07, 6.45) is 7.38. The summed E-state index contributed by atoms with van der Waals surface area (Å²) < 4.78 is 0. The quantitative estimate of drug-likeness (QED) is 0.663. The van der Waals surface area contributed by atoms with Gasteiger partial charge in [-0.3, -0.25) is 4.99 Å². The molecule has 20 heavy (non-hydrogen) atoms. The zero-order valence-electron chi connectivity index (χ0n) is 12.8.